The molecule has 4 nitrogen and oxygen atoms in total. The Hall–Kier alpha value is -2.33. The summed E-state index contributed by atoms with van der Waals surface area (Å²) in [4.78, 5) is 14.4. The summed E-state index contributed by atoms with van der Waals surface area (Å²) in [6.07, 6.45) is 0. The number of hydrogen-bond donors (Lipinski definition) is 2. The highest BCUT2D eigenvalue weighted by Gasteiger charge is 2.15. The van der Waals surface area contributed by atoms with Gasteiger partial charge in [0.1, 0.15) is 0 Å². The number of anilines is 2. The number of likely N-dealkylation sites (N-methyl/N-ethyl adjacent to an activating group) is 2. The summed E-state index contributed by atoms with van der Waals surface area (Å²) in [5.41, 5.74) is 4.97. The van der Waals surface area contributed by atoms with Gasteiger partial charge in [0.25, 0.3) is 5.91 Å². The van der Waals surface area contributed by atoms with E-state index in [9.17, 15) is 4.79 Å². The first kappa shape index (κ1) is 17.0. The van der Waals surface area contributed by atoms with Crippen LogP contribution in [0.25, 0.3) is 0 Å². The average Bonchev–Trinajstić information content (AvgIpc) is 2.56. The minimum Gasteiger partial charge on any atom is -0.355 e. The normalized spacial score (nSPS) is 10.4. The number of aryl methyl sites for hydroxylation is 1. The van der Waals surface area contributed by atoms with Crippen LogP contribution in [0, 0.1) is 13.8 Å². The highest BCUT2D eigenvalue weighted by molar-refractivity contribution is 6.00. The molecule has 0 aliphatic carbocycles. The van der Waals surface area contributed by atoms with Gasteiger partial charge in [0.05, 0.1) is 11.3 Å². The molecule has 2 rings (SSSR count). The van der Waals surface area contributed by atoms with Crippen molar-refractivity contribution in [1.82, 2.24) is 10.2 Å². The third-order valence-electron chi connectivity index (χ3n) is 4.08. The van der Waals surface area contributed by atoms with Gasteiger partial charge < -0.3 is 15.5 Å². The smallest absolute Gasteiger partial charge is 0.255 e. The van der Waals surface area contributed by atoms with E-state index in [1.807, 2.05) is 50.5 Å². The lowest BCUT2D eigenvalue weighted by atomic mass is 10.1. The van der Waals surface area contributed by atoms with E-state index in [0.29, 0.717) is 12.1 Å². The Kier molecular flexibility index (Phi) is 5.77. The van der Waals surface area contributed by atoms with E-state index in [4.69, 9.17) is 0 Å². The Balaban J connectivity index is 2.27. The van der Waals surface area contributed by atoms with Gasteiger partial charge >= 0.3 is 0 Å². The Morgan fingerprint density at radius 3 is 2.48 bits per heavy atom. The molecule has 1 amide bonds. The Morgan fingerprint density at radius 1 is 1.04 bits per heavy atom. The van der Waals surface area contributed by atoms with Crippen molar-refractivity contribution in [2.45, 2.75) is 13.8 Å². The van der Waals surface area contributed by atoms with Crippen LogP contribution < -0.4 is 10.6 Å². The fraction of sp³-hybridized carbons (Fsp3) is 0.316. The van der Waals surface area contributed by atoms with Gasteiger partial charge in [-0.3, -0.25) is 4.79 Å². The molecule has 4 heteroatoms. The SMILES string of the molecule is CNCCN(C)C(=O)c1ccccc1Nc1cccc(C)c1C. The summed E-state index contributed by atoms with van der Waals surface area (Å²) < 4.78 is 0. The molecule has 0 atom stereocenters. The molecule has 0 spiro atoms. The summed E-state index contributed by atoms with van der Waals surface area (Å²) in [5.74, 6) is 0.0219. The van der Waals surface area contributed by atoms with Crippen LogP contribution in [0.1, 0.15) is 21.5 Å². The predicted octanol–water partition coefficient (Wildman–Crippen LogP) is 3.34. The molecule has 2 aromatic rings. The van der Waals surface area contributed by atoms with Crippen LogP contribution in [0.5, 0.6) is 0 Å². The lowest BCUT2D eigenvalue weighted by molar-refractivity contribution is 0.0798. The van der Waals surface area contributed by atoms with Crippen LogP contribution in [0.2, 0.25) is 0 Å². The van der Waals surface area contributed by atoms with E-state index < -0.39 is 0 Å². The summed E-state index contributed by atoms with van der Waals surface area (Å²) >= 11 is 0. The Bertz CT molecular complexity index is 682. The van der Waals surface area contributed by atoms with Gasteiger partial charge in [-0.25, -0.2) is 0 Å². The molecule has 23 heavy (non-hydrogen) atoms. The zero-order chi connectivity index (χ0) is 16.8. The number of amides is 1. The fourth-order valence-corrected chi connectivity index (χ4v) is 2.40. The molecule has 0 bridgehead atoms. The van der Waals surface area contributed by atoms with Crippen molar-refractivity contribution >= 4 is 17.3 Å². The maximum Gasteiger partial charge on any atom is 0.255 e. The van der Waals surface area contributed by atoms with E-state index in [1.54, 1.807) is 4.90 Å². The van der Waals surface area contributed by atoms with Crippen molar-refractivity contribution in [1.29, 1.82) is 0 Å². The summed E-state index contributed by atoms with van der Waals surface area (Å²) in [7, 11) is 3.71. The molecule has 2 aromatic carbocycles. The molecule has 0 aliphatic heterocycles. The minimum atomic E-state index is 0.0219. The van der Waals surface area contributed by atoms with Crippen molar-refractivity contribution in [3.63, 3.8) is 0 Å². The van der Waals surface area contributed by atoms with Crippen molar-refractivity contribution in [2.75, 3.05) is 32.5 Å². The van der Waals surface area contributed by atoms with Crippen LogP contribution in [-0.2, 0) is 0 Å². The molecule has 0 fully saturated rings. The molecule has 0 saturated carbocycles. The fourth-order valence-electron chi connectivity index (χ4n) is 2.40. The van der Waals surface area contributed by atoms with Gasteiger partial charge in [-0.05, 0) is 50.2 Å². The summed E-state index contributed by atoms with van der Waals surface area (Å²) in [6, 6.07) is 13.8. The second-order valence-corrected chi connectivity index (χ2v) is 5.75. The van der Waals surface area contributed by atoms with E-state index >= 15 is 0 Å². The Labute approximate surface area is 138 Å². The quantitative estimate of drug-likeness (QED) is 0.860. The van der Waals surface area contributed by atoms with Gasteiger partial charge in [-0.1, -0.05) is 24.3 Å². The number of benzene rings is 2. The molecule has 0 unspecified atom stereocenters. The van der Waals surface area contributed by atoms with Crippen LogP contribution in [0.3, 0.4) is 0 Å². The molecule has 0 aromatic heterocycles. The molecule has 0 aliphatic rings. The highest BCUT2D eigenvalue weighted by atomic mass is 16.2. The first-order chi connectivity index (χ1) is 11.0. The topological polar surface area (TPSA) is 44.4 Å². The predicted molar refractivity (Wildman–Crippen MR) is 96.5 cm³/mol. The van der Waals surface area contributed by atoms with E-state index in [-0.39, 0.29) is 5.91 Å². The summed E-state index contributed by atoms with van der Waals surface area (Å²) in [6.45, 7) is 5.62. The largest absolute Gasteiger partial charge is 0.355 e. The first-order valence-corrected chi connectivity index (χ1v) is 7.87. The first-order valence-electron chi connectivity index (χ1n) is 7.87. The third kappa shape index (κ3) is 4.11. The number of rotatable bonds is 6. The lowest BCUT2D eigenvalue weighted by Crippen LogP contribution is -2.33. The monoisotopic (exact) mass is 311 g/mol. The zero-order valence-corrected chi connectivity index (χ0v) is 14.3. The minimum absolute atomic E-state index is 0.0219. The number of carbonyl (C=O) groups is 1. The maximum atomic E-state index is 12.7. The molecule has 0 saturated heterocycles. The number of carbonyl (C=O) groups excluding carboxylic acids is 1. The van der Waals surface area contributed by atoms with E-state index in [0.717, 1.165) is 17.9 Å². The summed E-state index contributed by atoms with van der Waals surface area (Å²) in [5, 5.41) is 6.47. The molecule has 0 heterocycles. The van der Waals surface area contributed by atoms with Crippen LogP contribution >= 0.6 is 0 Å². The second kappa shape index (κ2) is 7.79. The maximum absolute atomic E-state index is 12.7. The average molecular weight is 311 g/mol. The van der Waals surface area contributed by atoms with Crippen molar-refractivity contribution < 1.29 is 4.79 Å². The zero-order valence-electron chi connectivity index (χ0n) is 14.3. The van der Waals surface area contributed by atoms with Crippen molar-refractivity contribution in [3.8, 4) is 0 Å². The highest BCUT2D eigenvalue weighted by Crippen LogP contribution is 2.25. The van der Waals surface area contributed by atoms with Crippen molar-refractivity contribution in [2.24, 2.45) is 0 Å². The number of hydrogen-bond acceptors (Lipinski definition) is 3. The standard InChI is InChI=1S/C19H25N3O/c1-14-8-7-11-17(15(14)2)21-18-10-6-5-9-16(18)19(23)22(4)13-12-20-3/h5-11,20-21H,12-13H2,1-4H3. The van der Waals surface area contributed by atoms with Gasteiger partial charge in [0.2, 0.25) is 0 Å². The third-order valence-corrected chi connectivity index (χ3v) is 4.08. The molecular formula is C19H25N3O. The van der Waals surface area contributed by atoms with Crippen LogP contribution in [-0.4, -0.2) is 38.0 Å². The van der Waals surface area contributed by atoms with Crippen molar-refractivity contribution in [3.05, 3.63) is 59.2 Å². The molecule has 2 N–H and O–H groups in total. The number of nitrogens with one attached hydrogen (secondary N) is 2. The number of nitrogens with zero attached hydrogens (tertiary/aromatic N) is 1. The van der Waals surface area contributed by atoms with Crippen LogP contribution in [0.4, 0.5) is 11.4 Å². The lowest BCUT2D eigenvalue weighted by Gasteiger charge is -2.20. The van der Waals surface area contributed by atoms with E-state index in [2.05, 4.69) is 30.5 Å². The van der Waals surface area contributed by atoms with E-state index in [1.165, 1.54) is 11.1 Å². The molecular weight excluding hydrogens is 286 g/mol. The van der Waals surface area contributed by atoms with Gasteiger partial charge in [0, 0.05) is 25.8 Å². The Morgan fingerprint density at radius 2 is 1.74 bits per heavy atom. The second-order valence-electron chi connectivity index (χ2n) is 5.75. The van der Waals surface area contributed by atoms with Gasteiger partial charge in [0.15, 0.2) is 0 Å². The van der Waals surface area contributed by atoms with Crippen LogP contribution in [0.15, 0.2) is 42.5 Å². The molecule has 0 radical (unpaired) electrons. The van der Waals surface area contributed by atoms with Gasteiger partial charge in [-0.15, -0.1) is 0 Å². The van der Waals surface area contributed by atoms with Gasteiger partial charge in [-0.2, -0.15) is 0 Å². The number of para-hydroxylation sites is 1. The molecule has 122 valence electrons.